The van der Waals surface area contributed by atoms with E-state index in [0.717, 1.165) is 35.5 Å². The molecule has 1 aliphatic rings. The molecule has 0 amide bonds. The predicted molar refractivity (Wildman–Crippen MR) is 104 cm³/mol. The van der Waals surface area contributed by atoms with Crippen molar-refractivity contribution in [3.63, 3.8) is 0 Å². The van der Waals surface area contributed by atoms with Gasteiger partial charge in [-0.05, 0) is 69.0 Å². The summed E-state index contributed by atoms with van der Waals surface area (Å²) >= 11 is 0. The molecule has 0 bridgehead atoms. The maximum Gasteiger partial charge on any atom is 0.264 e. The molecule has 1 heterocycles. The molecule has 2 aromatic carbocycles. The van der Waals surface area contributed by atoms with Crippen molar-refractivity contribution in [1.29, 1.82) is 0 Å². The summed E-state index contributed by atoms with van der Waals surface area (Å²) < 4.78 is 27.7. The molecule has 3 rings (SSSR count). The second-order valence-electron chi connectivity index (χ2n) is 6.91. The predicted octanol–water partition coefficient (Wildman–Crippen LogP) is 4.04. The van der Waals surface area contributed by atoms with E-state index in [-0.39, 0.29) is 0 Å². The van der Waals surface area contributed by atoms with Gasteiger partial charge in [-0.25, -0.2) is 8.42 Å². The van der Waals surface area contributed by atoms with E-state index in [4.69, 9.17) is 0 Å². The maximum atomic E-state index is 13.1. The molecule has 25 heavy (non-hydrogen) atoms. The van der Waals surface area contributed by atoms with E-state index in [1.165, 1.54) is 17.1 Å². The lowest BCUT2D eigenvalue weighted by molar-refractivity contribution is 0.593. The van der Waals surface area contributed by atoms with E-state index >= 15 is 0 Å². The van der Waals surface area contributed by atoms with Crippen LogP contribution in [0.4, 0.5) is 11.4 Å². The van der Waals surface area contributed by atoms with Crippen molar-refractivity contribution in [2.45, 2.75) is 38.5 Å². The summed E-state index contributed by atoms with van der Waals surface area (Å²) in [6, 6.07) is 11.7. The van der Waals surface area contributed by atoms with Crippen molar-refractivity contribution >= 4 is 21.4 Å². The summed E-state index contributed by atoms with van der Waals surface area (Å²) in [5.41, 5.74) is 4.50. The number of hydrogen-bond acceptors (Lipinski definition) is 3. The highest BCUT2D eigenvalue weighted by atomic mass is 32.2. The van der Waals surface area contributed by atoms with Crippen LogP contribution in [0.5, 0.6) is 0 Å². The highest BCUT2D eigenvalue weighted by Gasteiger charge is 2.25. The highest BCUT2D eigenvalue weighted by Crippen LogP contribution is 2.29. The average Bonchev–Trinajstić information content (AvgIpc) is 3.07. The summed E-state index contributed by atoms with van der Waals surface area (Å²) in [6.45, 7) is 7.86. The number of hydrogen-bond donors (Lipinski definition) is 0. The molecule has 1 saturated heterocycles. The van der Waals surface area contributed by atoms with E-state index in [0.29, 0.717) is 10.6 Å². The highest BCUT2D eigenvalue weighted by molar-refractivity contribution is 7.92. The Balaban J connectivity index is 1.92. The quantitative estimate of drug-likeness (QED) is 0.828. The molecule has 134 valence electrons. The van der Waals surface area contributed by atoms with Gasteiger partial charge in [-0.3, -0.25) is 4.31 Å². The maximum absolute atomic E-state index is 13.1. The zero-order chi connectivity index (χ0) is 18.2. The largest absolute Gasteiger partial charge is 0.372 e. The van der Waals surface area contributed by atoms with Crippen LogP contribution in [0.2, 0.25) is 0 Å². The Morgan fingerprint density at radius 3 is 1.96 bits per heavy atom. The van der Waals surface area contributed by atoms with Gasteiger partial charge in [0.2, 0.25) is 0 Å². The fourth-order valence-electron chi connectivity index (χ4n) is 3.70. The summed E-state index contributed by atoms with van der Waals surface area (Å²) in [5, 5.41) is 0. The number of sulfonamides is 1. The number of anilines is 2. The third-order valence-electron chi connectivity index (χ3n) is 4.91. The van der Waals surface area contributed by atoms with E-state index < -0.39 is 10.0 Å². The molecule has 0 N–H and O–H groups in total. The number of aryl methyl sites for hydroxylation is 3. The standard InChI is InChI=1S/C20H26N2O2S/c1-15-13-16(2)20(17(3)14-15)25(23,24)21(4)18-7-9-19(10-8-18)22-11-5-6-12-22/h7-10,13-14H,5-6,11-12H2,1-4H3. The van der Waals surface area contributed by atoms with Gasteiger partial charge in [0.05, 0.1) is 10.6 Å². The molecular weight excluding hydrogens is 332 g/mol. The first kappa shape index (κ1) is 17.8. The van der Waals surface area contributed by atoms with Crippen LogP contribution >= 0.6 is 0 Å². The summed E-state index contributed by atoms with van der Waals surface area (Å²) in [5.74, 6) is 0. The molecule has 5 heteroatoms. The van der Waals surface area contributed by atoms with Crippen LogP contribution in [0.25, 0.3) is 0 Å². The van der Waals surface area contributed by atoms with Crippen molar-refractivity contribution < 1.29 is 8.42 Å². The van der Waals surface area contributed by atoms with Crippen molar-refractivity contribution in [2.75, 3.05) is 29.3 Å². The second kappa shape index (κ2) is 6.71. The Kier molecular flexibility index (Phi) is 4.78. The SMILES string of the molecule is Cc1cc(C)c(S(=O)(=O)N(C)c2ccc(N3CCCC3)cc2)c(C)c1. The molecule has 0 unspecified atom stereocenters. The van der Waals surface area contributed by atoms with E-state index in [9.17, 15) is 8.42 Å². The van der Waals surface area contributed by atoms with Gasteiger partial charge in [-0.15, -0.1) is 0 Å². The minimum Gasteiger partial charge on any atom is -0.372 e. The lowest BCUT2D eigenvalue weighted by Gasteiger charge is -2.23. The topological polar surface area (TPSA) is 40.6 Å². The normalized spacial score (nSPS) is 14.8. The molecular formula is C20H26N2O2S. The van der Waals surface area contributed by atoms with Gasteiger partial charge in [0.15, 0.2) is 0 Å². The first-order chi connectivity index (χ1) is 11.8. The smallest absolute Gasteiger partial charge is 0.264 e. The number of rotatable bonds is 4. The molecule has 0 spiro atoms. The van der Waals surface area contributed by atoms with E-state index in [2.05, 4.69) is 4.90 Å². The third kappa shape index (κ3) is 3.38. The van der Waals surface area contributed by atoms with E-state index in [1.807, 2.05) is 57.2 Å². The molecule has 1 fully saturated rings. The molecule has 4 nitrogen and oxygen atoms in total. The van der Waals surface area contributed by atoms with Crippen molar-refractivity contribution in [3.05, 3.63) is 53.1 Å². The van der Waals surface area contributed by atoms with Gasteiger partial charge in [-0.1, -0.05) is 17.7 Å². The van der Waals surface area contributed by atoms with Crippen molar-refractivity contribution in [1.82, 2.24) is 0 Å². The zero-order valence-corrected chi connectivity index (χ0v) is 16.2. The van der Waals surface area contributed by atoms with Gasteiger partial charge in [0.25, 0.3) is 10.0 Å². The van der Waals surface area contributed by atoms with Crippen LogP contribution in [-0.2, 0) is 10.0 Å². The number of nitrogens with zero attached hydrogens (tertiary/aromatic N) is 2. The fourth-order valence-corrected chi connectivity index (χ4v) is 5.30. The monoisotopic (exact) mass is 358 g/mol. The van der Waals surface area contributed by atoms with Crippen LogP contribution in [0.15, 0.2) is 41.3 Å². The molecule has 2 aromatic rings. The summed E-state index contributed by atoms with van der Waals surface area (Å²) in [4.78, 5) is 2.75. The Morgan fingerprint density at radius 1 is 0.920 bits per heavy atom. The van der Waals surface area contributed by atoms with E-state index in [1.54, 1.807) is 7.05 Å². The average molecular weight is 359 g/mol. The summed E-state index contributed by atoms with van der Waals surface area (Å²) in [6.07, 6.45) is 2.45. The van der Waals surface area contributed by atoms with Gasteiger partial charge in [0, 0.05) is 25.8 Å². The van der Waals surface area contributed by atoms with Crippen LogP contribution in [0.1, 0.15) is 29.5 Å². The van der Waals surface area contributed by atoms with Gasteiger partial charge in [0.1, 0.15) is 0 Å². The van der Waals surface area contributed by atoms with Crippen molar-refractivity contribution in [3.8, 4) is 0 Å². The molecule has 0 saturated carbocycles. The lowest BCUT2D eigenvalue weighted by atomic mass is 10.1. The fraction of sp³-hybridized carbons (Fsp3) is 0.400. The molecule has 0 aliphatic carbocycles. The molecule has 1 aliphatic heterocycles. The van der Waals surface area contributed by atoms with Crippen LogP contribution in [0, 0.1) is 20.8 Å². The Hall–Kier alpha value is -2.01. The first-order valence-electron chi connectivity index (χ1n) is 8.72. The van der Waals surface area contributed by atoms with Gasteiger partial charge >= 0.3 is 0 Å². The van der Waals surface area contributed by atoms with Gasteiger partial charge in [-0.2, -0.15) is 0 Å². The Bertz CT molecular complexity index is 844. The lowest BCUT2D eigenvalue weighted by Crippen LogP contribution is -2.28. The minimum absolute atomic E-state index is 0.407. The summed E-state index contributed by atoms with van der Waals surface area (Å²) in [7, 11) is -1.96. The van der Waals surface area contributed by atoms with Crippen LogP contribution < -0.4 is 9.21 Å². The van der Waals surface area contributed by atoms with Crippen molar-refractivity contribution in [2.24, 2.45) is 0 Å². The Labute approximate surface area is 151 Å². The molecule has 0 radical (unpaired) electrons. The van der Waals surface area contributed by atoms with Gasteiger partial charge < -0.3 is 4.90 Å². The third-order valence-corrected chi connectivity index (χ3v) is 7.00. The Morgan fingerprint density at radius 2 is 1.44 bits per heavy atom. The molecule has 0 aromatic heterocycles. The van der Waals surface area contributed by atoms with Crippen LogP contribution in [-0.4, -0.2) is 28.6 Å². The first-order valence-corrected chi connectivity index (χ1v) is 10.2. The zero-order valence-electron chi connectivity index (χ0n) is 15.4. The second-order valence-corrected chi connectivity index (χ2v) is 8.82. The minimum atomic E-state index is -3.58. The van der Waals surface area contributed by atoms with Crippen LogP contribution in [0.3, 0.4) is 0 Å². The number of benzene rings is 2. The molecule has 0 atom stereocenters.